The number of pyridine rings is 1. The van der Waals surface area contributed by atoms with E-state index in [9.17, 15) is 24.3 Å². The first-order chi connectivity index (χ1) is 17.2. The van der Waals surface area contributed by atoms with Crippen molar-refractivity contribution in [3.05, 3.63) is 76.7 Å². The monoisotopic (exact) mass is 509 g/mol. The van der Waals surface area contributed by atoms with E-state index >= 15 is 0 Å². The summed E-state index contributed by atoms with van der Waals surface area (Å²) in [5.74, 6) is -3.14. The van der Waals surface area contributed by atoms with Gasteiger partial charge in [-0.2, -0.15) is 0 Å². The molecule has 0 aliphatic heterocycles. The molecular weight excluding hydrogens is 482 g/mol. The average Bonchev–Trinajstić information content (AvgIpc) is 3.37. The number of primary amides is 2. The highest BCUT2D eigenvalue weighted by Gasteiger charge is 2.27. The molecule has 3 aromatic rings. The molecule has 0 saturated carbocycles. The number of nitrogens with one attached hydrogen (secondary N) is 2. The molecule has 0 aliphatic rings. The Morgan fingerprint density at radius 2 is 1.53 bits per heavy atom. The highest BCUT2D eigenvalue weighted by atomic mass is 32.1. The third-order valence-corrected chi connectivity index (χ3v) is 6.31. The number of amides is 4. The number of carbonyl (C=O) groups excluding carboxylic acids is 4. The van der Waals surface area contributed by atoms with Crippen LogP contribution in [0.1, 0.15) is 16.9 Å². The van der Waals surface area contributed by atoms with Gasteiger partial charge in [-0.05, 0) is 40.3 Å². The van der Waals surface area contributed by atoms with Gasteiger partial charge in [0.25, 0.3) is 0 Å². The number of aromatic nitrogens is 1. The third-order valence-electron chi connectivity index (χ3n) is 5.41. The quantitative estimate of drug-likeness (QED) is 0.234. The second-order valence-electron chi connectivity index (χ2n) is 8.13. The van der Waals surface area contributed by atoms with Crippen molar-refractivity contribution >= 4 is 35.0 Å². The zero-order chi connectivity index (χ0) is 26.1. The highest BCUT2D eigenvalue weighted by Crippen LogP contribution is 2.19. The van der Waals surface area contributed by atoms with Crippen molar-refractivity contribution < 1.29 is 24.3 Å². The van der Waals surface area contributed by atoms with Crippen LogP contribution < -0.4 is 22.1 Å². The standard InChI is InChI=1S/C25H27N5O5S/c26-23(33)19(12-15-3-5-16(6-4-15)17-7-9-28-10-8-17)30-25(35)20(13-18-2-1-11-36-18)29-22(32)14-21(31)24(27)34/h1-11,19-21,31H,12-14H2,(H2,26,33)(H2,27,34)(H,29,32)(H,30,35)/t19-,20+,21+/m0/s1. The van der Waals surface area contributed by atoms with E-state index in [1.54, 1.807) is 24.5 Å². The Balaban J connectivity index is 1.69. The maximum atomic E-state index is 13.1. The molecule has 0 radical (unpaired) electrons. The molecule has 0 unspecified atom stereocenters. The Bertz CT molecular complexity index is 1190. The number of hydrogen-bond donors (Lipinski definition) is 5. The number of rotatable bonds is 12. The zero-order valence-corrected chi connectivity index (χ0v) is 20.1. The van der Waals surface area contributed by atoms with E-state index in [1.807, 2.05) is 41.8 Å². The smallest absolute Gasteiger partial charge is 0.246 e. The first kappa shape index (κ1) is 26.5. The number of aliphatic hydroxyl groups is 1. The van der Waals surface area contributed by atoms with Crippen LogP contribution in [0.4, 0.5) is 0 Å². The van der Waals surface area contributed by atoms with Gasteiger partial charge in [0.05, 0.1) is 6.42 Å². The van der Waals surface area contributed by atoms with E-state index in [1.165, 1.54) is 11.3 Å². The molecule has 0 aliphatic carbocycles. The lowest BCUT2D eigenvalue weighted by Crippen LogP contribution is -2.54. The Morgan fingerprint density at radius 3 is 2.11 bits per heavy atom. The molecule has 4 amide bonds. The zero-order valence-electron chi connectivity index (χ0n) is 19.3. The molecule has 0 bridgehead atoms. The summed E-state index contributed by atoms with van der Waals surface area (Å²) in [7, 11) is 0. The lowest BCUT2D eigenvalue weighted by Gasteiger charge is -2.22. The van der Waals surface area contributed by atoms with Crippen molar-refractivity contribution in [3.63, 3.8) is 0 Å². The Labute approximate surface area is 211 Å². The summed E-state index contributed by atoms with van der Waals surface area (Å²) >= 11 is 1.39. The fourth-order valence-corrected chi connectivity index (χ4v) is 4.23. The van der Waals surface area contributed by atoms with Crippen molar-refractivity contribution in [3.8, 4) is 11.1 Å². The Morgan fingerprint density at radius 1 is 0.861 bits per heavy atom. The van der Waals surface area contributed by atoms with E-state index in [-0.39, 0.29) is 12.8 Å². The van der Waals surface area contributed by atoms with Gasteiger partial charge >= 0.3 is 0 Å². The van der Waals surface area contributed by atoms with Gasteiger partial charge in [-0.3, -0.25) is 24.2 Å². The molecule has 0 saturated heterocycles. The van der Waals surface area contributed by atoms with E-state index in [4.69, 9.17) is 11.5 Å². The van der Waals surface area contributed by atoms with Crippen molar-refractivity contribution in [2.24, 2.45) is 11.5 Å². The van der Waals surface area contributed by atoms with Crippen LogP contribution in [0, 0.1) is 0 Å². The van der Waals surface area contributed by atoms with Crippen LogP contribution in [0.2, 0.25) is 0 Å². The lowest BCUT2D eigenvalue weighted by molar-refractivity contribution is -0.134. The van der Waals surface area contributed by atoms with Crippen LogP contribution in [0.15, 0.2) is 66.3 Å². The SMILES string of the molecule is NC(=O)[C@H](O)CC(=O)N[C@H](Cc1cccs1)C(=O)N[C@@H](Cc1ccc(-c2ccncc2)cc1)C(N)=O. The summed E-state index contributed by atoms with van der Waals surface area (Å²) in [6.07, 6.45) is 1.42. The first-order valence-electron chi connectivity index (χ1n) is 11.1. The average molecular weight is 510 g/mol. The number of nitrogens with two attached hydrogens (primary N) is 2. The highest BCUT2D eigenvalue weighted by molar-refractivity contribution is 7.09. The van der Waals surface area contributed by atoms with E-state index < -0.39 is 48.2 Å². The van der Waals surface area contributed by atoms with Gasteiger partial charge < -0.3 is 27.2 Å². The van der Waals surface area contributed by atoms with Crippen molar-refractivity contribution in [1.82, 2.24) is 15.6 Å². The summed E-state index contributed by atoms with van der Waals surface area (Å²) in [5, 5.41) is 16.5. The molecule has 3 rings (SSSR count). The summed E-state index contributed by atoms with van der Waals surface area (Å²) in [6, 6.07) is 12.7. The number of aliphatic hydroxyl groups excluding tert-OH is 1. The van der Waals surface area contributed by atoms with Gasteiger partial charge in [0.15, 0.2) is 0 Å². The molecule has 36 heavy (non-hydrogen) atoms. The number of hydrogen-bond acceptors (Lipinski definition) is 7. The Hall–Kier alpha value is -4.09. The van der Waals surface area contributed by atoms with Crippen LogP contribution in [0.3, 0.4) is 0 Å². The van der Waals surface area contributed by atoms with Gasteiger partial charge in [-0.15, -0.1) is 11.3 Å². The molecule has 3 atom stereocenters. The largest absolute Gasteiger partial charge is 0.383 e. The maximum absolute atomic E-state index is 13.1. The molecule has 188 valence electrons. The predicted octanol–water partition coefficient (Wildman–Crippen LogP) is 0.287. The minimum Gasteiger partial charge on any atom is -0.383 e. The maximum Gasteiger partial charge on any atom is 0.246 e. The van der Waals surface area contributed by atoms with E-state index in [0.29, 0.717) is 0 Å². The molecule has 7 N–H and O–H groups in total. The van der Waals surface area contributed by atoms with Crippen molar-refractivity contribution in [2.45, 2.75) is 37.5 Å². The minimum absolute atomic E-state index is 0.147. The summed E-state index contributed by atoms with van der Waals surface area (Å²) in [4.78, 5) is 53.4. The van der Waals surface area contributed by atoms with Crippen LogP contribution in [0.25, 0.3) is 11.1 Å². The molecule has 10 nitrogen and oxygen atoms in total. The molecule has 0 spiro atoms. The summed E-state index contributed by atoms with van der Waals surface area (Å²) in [5.41, 5.74) is 13.3. The number of thiophene rings is 1. The lowest BCUT2D eigenvalue weighted by atomic mass is 10.0. The van der Waals surface area contributed by atoms with Crippen LogP contribution in [0.5, 0.6) is 0 Å². The van der Waals surface area contributed by atoms with Crippen LogP contribution in [-0.4, -0.2) is 51.9 Å². The fourth-order valence-electron chi connectivity index (χ4n) is 3.48. The van der Waals surface area contributed by atoms with Gasteiger partial charge in [0, 0.05) is 30.1 Å². The molecule has 11 heteroatoms. The van der Waals surface area contributed by atoms with Crippen LogP contribution in [-0.2, 0) is 32.0 Å². The van der Waals surface area contributed by atoms with Gasteiger partial charge in [0.1, 0.15) is 18.2 Å². The van der Waals surface area contributed by atoms with Crippen molar-refractivity contribution in [1.29, 1.82) is 0 Å². The van der Waals surface area contributed by atoms with Gasteiger partial charge in [0.2, 0.25) is 23.6 Å². The predicted molar refractivity (Wildman–Crippen MR) is 134 cm³/mol. The number of benzene rings is 1. The van der Waals surface area contributed by atoms with E-state index in [2.05, 4.69) is 15.6 Å². The first-order valence-corrected chi connectivity index (χ1v) is 12.0. The van der Waals surface area contributed by atoms with Gasteiger partial charge in [-0.1, -0.05) is 30.3 Å². The third kappa shape index (κ3) is 7.72. The molecule has 2 aromatic heterocycles. The second kappa shape index (κ2) is 12.6. The molecule has 0 fully saturated rings. The molecule has 2 heterocycles. The van der Waals surface area contributed by atoms with Crippen LogP contribution >= 0.6 is 11.3 Å². The number of nitrogens with zero attached hydrogens (tertiary/aromatic N) is 1. The Kier molecular flexibility index (Phi) is 9.25. The topological polar surface area (TPSA) is 178 Å². The van der Waals surface area contributed by atoms with Gasteiger partial charge in [-0.25, -0.2) is 0 Å². The minimum atomic E-state index is -1.68. The summed E-state index contributed by atoms with van der Waals surface area (Å²) < 4.78 is 0. The second-order valence-corrected chi connectivity index (χ2v) is 9.16. The molecule has 1 aromatic carbocycles. The number of carbonyl (C=O) groups is 4. The molecular formula is C25H27N5O5S. The van der Waals surface area contributed by atoms with E-state index in [0.717, 1.165) is 21.6 Å². The summed E-state index contributed by atoms with van der Waals surface area (Å²) in [6.45, 7) is 0. The fraction of sp³-hybridized carbons (Fsp3) is 0.240. The normalized spacial score (nSPS) is 13.2. The van der Waals surface area contributed by atoms with Crippen molar-refractivity contribution in [2.75, 3.05) is 0 Å².